The van der Waals surface area contributed by atoms with Crippen LogP contribution in [0, 0.1) is 0 Å². The summed E-state index contributed by atoms with van der Waals surface area (Å²) >= 11 is 0. The fourth-order valence-electron chi connectivity index (χ4n) is 2.05. The molecule has 1 aromatic carbocycles. The number of nitrogens with one attached hydrogen (secondary N) is 1. The van der Waals surface area contributed by atoms with Crippen LogP contribution in [0.5, 0.6) is 11.5 Å². The van der Waals surface area contributed by atoms with E-state index >= 15 is 0 Å². The van der Waals surface area contributed by atoms with E-state index in [1.165, 1.54) is 0 Å². The molecule has 1 aliphatic heterocycles. The number of rotatable bonds is 1. The molecule has 0 radical (unpaired) electrons. The maximum Gasteiger partial charge on any atom is 0.124 e. The Kier molecular flexibility index (Phi) is 2.80. The summed E-state index contributed by atoms with van der Waals surface area (Å²) in [6.45, 7) is 7.16. The van der Waals surface area contributed by atoms with Crippen LogP contribution in [-0.4, -0.2) is 17.3 Å². The van der Waals surface area contributed by atoms with Crippen molar-refractivity contribution in [3.63, 3.8) is 0 Å². The van der Waals surface area contributed by atoms with E-state index in [9.17, 15) is 5.11 Å². The highest BCUT2D eigenvalue weighted by Gasteiger charge is 2.25. The van der Waals surface area contributed by atoms with E-state index in [2.05, 4.69) is 26.1 Å². The van der Waals surface area contributed by atoms with Crippen LogP contribution in [0.15, 0.2) is 18.2 Å². The van der Waals surface area contributed by atoms with Gasteiger partial charge in [-0.1, -0.05) is 0 Å². The Bertz CT molecular complexity index is 382. The Labute approximate surface area is 96.4 Å². The van der Waals surface area contributed by atoms with Crippen molar-refractivity contribution in [1.82, 2.24) is 5.32 Å². The molecule has 1 heterocycles. The van der Waals surface area contributed by atoms with Gasteiger partial charge in [-0.15, -0.1) is 0 Å². The molecule has 0 saturated carbocycles. The van der Waals surface area contributed by atoms with Gasteiger partial charge >= 0.3 is 0 Å². The second-order valence-electron chi connectivity index (χ2n) is 5.31. The lowest BCUT2D eigenvalue weighted by molar-refractivity contribution is 0.230. The summed E-state index contributed by atoms with van der Waals surface area (Å²) in [5.74, 6) is 1.18. The average molecular weight is 221 g/mol. The second-order valence-corrected chi connectivity index (χ2v) is 5.31. The van der Waals surface area contributed by atoms with Crippen LogP contribution in [0.4, 0.5) is 0 Å². The van der Waals surface area contributed by atoms with Crippen molar-refractivity contribution in [3.05, 3.63) is 23.8 Å². The first-order valence-electron chi connectivity index (χ1n) is 5.69. The van der Waals surface area contributed by atoms with E-state index in [1.807, 2.05) is 6.07 Å². The summed E-state index contributed by atoms with van der Waals surface area (Å²) in [5, 5.41) is 13.1. The smallest absolute Gasteiger partial charge is 0.124 e. The molecule has 0 aliphatic carbocycles. The lowest BCUT2D eigenvalue weighted by Crippen LogP contribution is -2.40. The molecule has 2 N–H and O–H groups in total. The maximum atomic E-state index is 9.52. The molecule has 0 amide bonds. The van der Waals surface area contributed by atoms with E-state index in [0.717, 1.165) is 24.3 Å². The Hall–Kier alpha value is -1.22. The number of ether oxygens (including phenoxy) is 1. The van der Waals surface area contributed by atoms with Gasteiger partial charge in [-0.25, -0.2) is 0 Å². The Morgan fingerprint density at radius 3 is 2.81 bits per heavy atom. The number of fused-ring (bicyclic) bond motifs is 1. The molecule has 16 heavy (non-hydrogen) atoms. The normalized spacial score (nSPS) is 20.1. The van der Waals surface area contributed by atoms with E-state index < -0.39 is 0 Å². The third kappa shape index (κ3) is 2.47. The van der Waals surface area contributed by atoms with Crippen molar-refractivity contribution >= 4 is 0 Å². The number of aromatic hydroxyl groups is 1. The van der Waals surface area contributed by atoms with Crippen LogP contribution in [0.1, 0.15) is 38.8 Å². The summed E-state index contributed by atoms with van der Waals surface area (Å²) in [7, 11) is 0. The summed E-state index contributed by atoms with van der Waals surface area (Å²) in [6, 6.07) is 5.55. The van der Waals surface area contributed by atoms with E-state index in [0.29, 0.717) is 5.75 Å². The van der Waals surface area contributed by atoms with Crippen molar-refractivity contribution in [2.24, 2.45) is 0 Å². The van der Waals surface area contributed by atoms with Crippen molar-refractivity contribution in [2.75, 3.05) is 6.61 Å². The Morgan fingerprint density at radius 2 is 2.12 bits per heavy atom. The largest absolute Gasteiger partial charge is 0.508 e. The molecule has 3 nitrogen and oxygen atoms in total. The zero-order valence-corrected chi connectivity index (χ0v) is 10.1. The molecule has 0 bridgehead atoms. The van der Waals surface area contributed by atoms with Crippen LogP contribution >= 0.6 is 0 Å². The molecule has 2 rings (SSSR count). The highest BCUT2D eigenvalue weighted by molar-refractivity contribution is 5.42. The van der Waals surface area contributed by atoms with Gasteiger partial charge in [-0.2, -0.15) is 0 Å². The molecule has 0 aromatic heterocycles. The molecule has 3 heteroatoms. The molecule has 88 valence electrons. The fourth-order valence-corrected chi connectivity index (χ4v) is 2.05. The van der Waals surface area contributed by atoms with Crippen molar-refractivity contribution in [1.29, 1.82) is 0 Å². The lowest BCUT2D eigenvalue weighted by Gasteiger charge is -2.32. The topological polar surface area (TPSA) is 41.5 Å². The van der Waals surface area contributed by atoms with Gasteiger partial charge in [0.1, 0.15) is 11.5 Å². The van der Waals surface area contributed by atoms with Gasteiger partial charge in [-0.05, 0) is 39.0 Å². The molecular formula is C13H19NO2. The molecule has 0 spiro atoms. The number of hydrogen-bond acceptors (Lipinski definition) is 3. The van der Waals surface area contributed by atoms with Crippen LogP contribution in [0.3, 0.4) is 0 Å². The van der Waals surface area contributed by atoms with Gasteiger partial charge in [0.2, 0.25) is 0 Å². The Morgan fingerprint density at radius 1 is 1.38 bits per heavy atom. The van der Waals surface area contributed by atoms with Crippen LogP contribution in [0.25, 0.3) is 0 Å². The number of benzene rings is 1. The second kappa shape index (κ2) is 3.98. The molecule has 0 saturated heterocycles. The van der Waals surface area contributed by atoms with Crippen LogP contribution in [-0.2, 0) is 0 Å². The SMILES string of the molecule is CC(C)(C)NC1CCOc2ccc(O)cc21. The summed E-state index contributed by atoms with van der Waals surface area (Å²) in [6.07, 6.45) is 0.938. The third-order valence-electron chi connectivity index (χ3n) is 2.64. The molecular weight excluding hydrogens is 202 g/mol. The van der Waals surface area contributed by atoms with E-state index in [-0.39, 0.29) is 11.6 Å². The first-order chi connectivity index (χ1) is 7.46. The van der Waals surface area contributed by atoms with Crippen molar-refractivity contribution < 1.29 is 9.84 Å². The van der Waals surface area contributed by atoms with Crippen LogP contribution < -0.4 is 10.1 Å². The van der Waals surface area contributed by atoms with E-state index in [4.69, 9.17) is 4.74 Å². The minimum atomic E-state index is 0.0603. The first kappa shape index (κ1) is 11.3. The number of hydrogen-bond donors (Lipinski definition) is 2. The molecule has 1 unspecified atom stereocenters. The standard InChI is InChI=1S/C13H19NO2/c1-13(2,3)14-11-6-7-16-12-5-4-9(15)8-10(11)12/h4-5,8,11,14-15H,6-7H2,1-3H3. The highest BCUT2D eigenvalue weighted by Crippen LogP contribution is 2.35. The zero-order chi connectivity index (χ0) is 11.8. The van der Waals surface area contributed by atoms with Crippen LogP contribution in [0.2, 0.25) is 0 Å². The van der Waals surface area contributed by atoms with Gasteiger partial charge in [-0.3, -0.25) is 0 Å². The lowest BCUT2D eigenvalue weighted by atomic mass is 9.97. The average Bonchev–Trinajstić information content (AvgIpc) is 2.17. The zero-order valence-electron chi connectivity index (χ0n) is 10.1. The monoisotopic (exact) mass is 221 g/mol. The molecule has 1 atom stereocenters. The molecule has 1 aliphatic rings. The van der Waals surface area contributed by atoms with Gasteiger partial charge in [0.05, 0.1) is 6.61 Å². The third-order valence-corrected chi connectivity index (χ3v) is 2.64. The van der Waals surface area contributed by atoms with Gasteiger partial charge in [0.15, 0.2) is 0 Å². The fraction of sp³-hybridized carbons (Fsp3) is 0.538. The minimum Gasteiger partial charge on any atom is -0.508 e. The predicted molar refractivity (Wildman–Crippen MR) is 63.8 cm³/mol. The quantitative estimate of drug-likeness (QED) is 0.766. The van der Waals surface area contributed by atoms with Gasteiger partial charge in [0, 0.05) is 23.6 Å². The van der Waals surface area contributed by atoms with Crippen molar-refractivity contribution in [2.45, 2.75) is 38.8 Å². The first-order valence-corrected chi connectivity index (χ1v) is 5.69. The molecule has 1 aromatic rings. The molecule has 0 fully saturated rings. The number of phenols is 1. The maximum absolute atomic E-state index is 9.52. The minimum absolute atomic E-state index is 0.0603. The van der Waals surface area contributed by atoms with Crippen molar-refractivity contribution in [3.8, 4) is 11.5 Å². The highest BCUT2D eigenvalue weighted by atomic mass is 16.5. The van der Waals surface area contributed by atoms with E-state index in [1.54, 1.807) is 12.1 Å². The predicted octanol–water partition coefficient (Wildman–Crippen LogP) is 2.60. The van der Waals surface area contributed by atoms with Gasteiger partial charge < -0.3 is 15.2 Å². The summed E-state index contributed by atoms with van der Waals surface area (Å²) in [5.41, 5.74) is 1.12. The number of phenolic OH excluding ortho intramolecular Hbond substituents is 1. The summed E-state index contributed by atoms with van der Waals surface area (Å²) < 4.78 is 5.57. The Balaban J connectivity index is 2.28. The summed E-state index contributed by atoms with van der Waals surface area (Å²) in [4.78, 5) is 0. The van der Waals surface area contributed by atoms with Gasteiger partial charge in [0.25, 0.3) is 0 Å².